The van der Waals surface area contributed by atoms with Crippen molar-refractivity contribution in [3.63, 3.8) is 0 Å². The van der Waals surface area contributed by atoms with E-state index in [9.17, 15) is 9.59 Å². The van der Waals surface area contributed by atoms with Gasteiger partial charge in [0.15, 0.2) is 11.6 Å². The molecule has 1 aliphatic rings. The Bertz CT molecular complexity index is 882. The number of hydrogen-bond acceptors (Lipinski definition) is 4. The summed E-state index contributed by atoms with van der Waals surface area (Å²) < 4.78 is 5.30. The number of carbonyl (C=O) groups excluding carboxylic acids is 2. The maximum Gasteiger partial charge on any atom is 0.196 e. The van der Waals surface area contributed by atoms with Crippen molar-refractivity contribution < 1.29 is 14.3 Å². The van der Waals surface area contributed by atoms with Crippen molar-refractivity contribution in [2.75, 3.05) is 13.7 Å². The van der Waals surface area contributed by atoms with Gasteiger partial charge in [-0.15, -0.1) is 0 Å². The van der Waals surface area contributed by atoms with Gasteiger partial charge in [0.1, 0.15) is 5.75 Å². The number of aromatic nitrogens is 1. The molecule has 0 amide bonds. The lowest BCUT2D eigenvalue weighted by Crippen LogP contribution is -2.42. The molecule has 0 saturated carbocycles. The molecule has 0 radical (unpaired) electrons. The monoisotopic (exact) mass is 396 g/mol. The van der Waals surface area contributed by atoms with Crippen molar-refractivity contribution in [2.24, 2.45) is 0 Å². The molecule has 1 aliphatic heterocycles. The quantitative estimate of drug-likeness (QED) is 0.696. The molecule has 1 N–H and O–H groups in total. The Hall–Kier alpha value is -2.40. The number of nitrogens with zero attached hydrogens (tertiary/aromatic N) is 1. The first-order valence-electron chi connectivity index (χ1n) is 10.5. The third-order valence-corrected chi connectivity index (χ3v) is 6.21. The molecule has 29 heavy (non-hydrogen) atoms. The lowest BCUT2D eigenvalue weighted by molar-refractivity contribution is 0.0757. The summed E-state index contributed by atoms with van der Waals surface area (Å²) in [6.45, 7) is 8.16. The van der Waals surface area contributed by atoms with E-state index in [4.69, 9.17) is 4.74 Å². The Kier molecular flexibility index (Phi) is 6.58. The molecule has 1 aromatic carbocycles. The molecule has 5 heteroatoms. The lowest BCUT2D eigenvalue weighted by atomic mass is 9.97. The van der Waals surface area contributed by atoms with Crippen molar-refractivity contribution in [3.8, 4) is 5.75 Å². The van der Waals surface area contributed by atoms with Crippen LogP contribution in [-0.2, 0) is 0 Å². The zero-order valence-electron chi connectivity index (χ0n) is 18.2. The molecule has 5 nitrogen and oxygen atoms in total. The smallest absolute Gasteiger partial charge is 0.196 e. The maximum absolute atomic E-state index is 13.4. The predicted octanol–water partition coefficient (Wildman–Crippen LogP) is 5.03. The zero-order chi connectivity index (χ0) is 21.1. The Labute approximate surface area is 173 Å². The van der Waals surface area contributed by atoms with Gasteiger partial charge in [-0.2, -0.15) is 0 Å². The molecule has 2 heterocycles. The van der Waals surface area contributed by atoms with Crippen LogP contribution in [-0.4, -0.2) is 41.1 Å². The normalized spacial score (nSPS) is 18.9. The highest BCUT2D eigenvalue weighted by Crippen LogP contribution is 2.34. The number of methoxy groups -OCH3 is 1. The number of ether oxygens (including phenoxy) is 1. The highest BCUT2D eigenvalue weighted by Gasteiger charge is 2.32. The van der Waals surface area contributed by atoms with Crippen LogP contribution in [0.4, 0.5) is 0 Å². The summed E-state index contributed by atoms with van der Waals surface area (Å²) in [7, 11) is 1.67. The third kappa shape index (κ3) is 4.30. The van der Waals surface area contributed by atoms with E-state index in [1.165, 1.54) is 12.0 Å². The Morgan fingerprint density at radius 2 is 1.83 bits per heavy atom. The fraction of sp³-hybridized carbons (Fsp3) is 0.500. The highest BCUT2D eigenvalue weighted by molar-refractivity contribution is 6.05. The van der Waals surface area contributed by atoms with Gasteiger partial charge >= 0.3 is 0 Å². The van der Waals surface area contributed by atoms with Crippen LogP contribution in [0.2, 0.25) is 0 Å². The van der Waals surface area contributed by atoms with E-state index in [0.29, 0.717) is 11.3 Å². The van der Waals surface area contributed by atoms with E-state index in [1.54, 1.807) is 14.0 Å². The first kappa shape index (κ1) is 21.3. The van der Waals surface area contributed by atoms with Gasteiger partial charge in [0.2, 0.25) is 0 Å². The number of ketones is 2. The van der Waals surface area contributed by atoms with Gasteiger partial charge in [0, 0.05) is 17.3 Å². The van der Waals surface area contributed by atoms with E-state index in [0.717, 1.165) is 42.8 Å². The van der Waals surface area contributed by atoms with Crippen molar-refractivity contribution in [1.82, 2.24) is 9.88 Å². The summed E-state index contributed by atoms with van der Waals surface area (Å²) >= 11 is 0. The standard InChI is InChI=1S/C24H32N2O3/c1-15-22(18(4)27)16(2)25-23(15)24(28)17(3)26-14-8-6-7-9-21(26)19-10-12-20(29-5)13-11-19/h10-13,17,21,25H,6-9,14H2,1-5H3/t17-,21+/m1/s1. The van der Waals surface area contributed by atoms with Gasteiger partial charge in [-0.05, 0) is 70.3 Å². The molecule has 1 saturated heterocycles. The van der Waals surface area contributed by atoms with Gasteiger partial charge in [0.05, 0.1) is 18.8 Å². The molecule has 0 unspecified atom stereocenters. The average molecular weight is 397 g/mol. The second-order valence-corrected chi connectivity index (χ2v) is 8.10. The van der Waals surface area contributed by atoms with Crippen molar-refractivity contribution >= 4 is 11.6 Å². The van der Waals surface area contributed by atoms with E-state index < -0.39 is 0 Å². The van der Waals surface area contributed by atoms with Gasteiger partial charge < -0.3 is 9.72 Å². The molecule has 1 aromatic heterocycles. The van der Waals surface area contributed by atoms with E-state index >= 15 is 0 Å². The second kappa shape index (κ2) is 8.95. The van der Waals surface area contributed by atoms with Crippen LogP contribution in [0.5, 0.6) is 5.75 Å². The lowest BCUT2D eigenvalue weighted by Gasteiger charge is -2.34. The van der Waals surface area contributed by atoms with Crippen LogP contribution in [0, 0.1) is 13.8 Å². The molecule has 2 atom stereocenters. The summed E-state index contributed by atoms with van der Waals surface area (Å²) in [5.74, 6) is 0.889. The van der Waals surface area contributed by atoms with Crippen LogP contribution < -0.4 is 4.74 Å². The second-order valence-electron chi connectivity index (χ2n) is 8.10. The molecular weight excluding hydrogens is 364 g/mol. The fourth-order valence-corrected chi connectivity index (χ4v) is 4.66. The van der Waals surface area contributed by atoms with Crippen molar-refractivity contribution in [1.29, 1.82) is 0 Å². The Morgan fingerprint density at radius 1 is 1.14 bits per heavy atom. The average Bonchev–Trinajstić information content (AvgIpc) is 2.87. The van der Waals surface area contributed by atoms with Gasteiger partial charge in [-0.25, -0.2) is 0 Å². The van der Waals surface area contributed by atoms with Crippen LogP contribution in [0.25, 0.3) is 0 Å². The van der Waals surface area contributed by atoms with Gasteiger partial charge in [0.25, 0.3) is 0 Å². The fourth-order valence-electron chi connectivity index (χ4n) is 4.66. The minimum atomic E-state index is -0.267. The third-order valence-electron chi connectivity index (χ3n) is 6.21. The van der Waals surface area contributed by atoms with Crippen LogP contribution in [0.15, 0.2) is 24.3 Å². The largest absolute Gasteiger partial charge is 0.497 e. The topological polar surface area (TPSA) is 62.4 Å². The molecule has 0 spiro atoms. The van der Waals surface area contributed by atoms with Crippen molar-refractivity contribution in [2.45, 2.75) is 65.5 Å². The summed E-state index contributed by atoms with van der Waals surface area (Å²) in [4.78, 5) is 30.9. The number of H-pyrrole nitrogens is 1. The number of benzene rings is 1. The minimum Gasteiger partial charge on any atom is -0.497 e. The van der Waals surface area contributed by atoms with Crippen LogP contribution in [0.1, 0.15) is 83.2 Å². The number of hydrogen-bond donors (Lipinski definition) is 1. The first-order chi connectivity index (χ1) is 13.8. The molecule has 3 rings (SSSR count). The van der Waals surface area contributed by atoms with Gasteiger partial charge in [-0.1, -0.05) is 25.0 Å². The summed E-state index contributed by atoms with van der Waals surface area (Å²) in [6, 6.07) is 8.13. The summed E-state index contributed by atoms with van der Waals surface area (Å²) in [6.07, 6.45) is 4.46. The number of Topliss-reactive ketones (excluding diaryl/α,β-unsaturated/α-hetero) is 2. The highest BCUT2D eigenvalue weighted by atomic mass is 16.5. The number of aromatic amines is 1. The number of aryl methyl sites for hydroxylation is 1. The molecule has 156 valence electrons. The van der Waals surface area contributed by atoms with Crippen molar-refractivity contribution in [3.05, 3.63) is 52.3 Å². The molecule has 2 aromatic rings. The summed E-state index contributed by atoms with van der Waals surface area (Å²) in [5.41, 5.74) is 3.97. The number of nitrogens with one attached hydrogen (secondary N) is 1. The minimum absolute atomic E-state index is 0.00571. The molecule has 1 fully saturated rings. The zero-order valence-corrected chi connectivity index (χ0v) is 18.2. The van der Waals surface area contributed by atoms with E-state index in [-0.39, 0.29) is 23.7 Å². The number of rotatable bonds is 6. The van der Waals surface area contributed by atoms with Crippen LogP contribution in [0.3, 0.4) is 0 Å². The Balaban J connectivity index is 1.91. The van der Waals surface area contributed by atoms with Crippen LogP contribution >= 0.6 is 0 Å². The number of likely N-dealkylation sites (tertiary alicyclic amines) is 1. The number of carbonyl (C=O) groups is 2. The molecule has 0 bridgehead atoms. The molecular formula is C24H32N2O3. The maximum atomic E-state index is 13.4. The molecule has 0 aliphatic carbocycles. The summed E-state index contributed by atoms with van der Waals surface area (Å²) in [5, 5.41) is 0. The first-order valence-corrected chi connectivity index (χ1v) is 10.5. The van der Waals surface area contributed by atoms with E-state index in [1.807, 2.05) is 32.9 Å². The Morgan fingerprint density at radius 3 is 2.41 bits per heavy atom. The van der Waals surface area contributed by atoms with E-state index in [2.05, 4.69) is 22.0 Å². The van der Waals surface area contributed by atoms with Gasteiger partial charge in [-0.3, -0.25) is 14.5 Å². The SMILES string of the molecule is COc1ccc([C@@H]2CCCCCN2[C@H](C)C(=O)c2[nH]c(C)c(C(C)=O)c2C)cc1. The predicted molar refractivity (Wildman–Crippen MR) is 115 cm³/mol.